The van der Waals surface area contributed by atoms with Crippen molar-refractivity contribution in [2.24, 2.45) is 0 Å². The van der Waals surface area contributed by atoms with Crippen LogP contribution in [-0.4, -0.2) is 23.1 Å². The van der Waals surface area contributed by atoms with Crippen LogP contribution in [0.1, 0.15) is 52.4 Å². The number of hydrogen-bond acceptors (Lipinski definition) is 4. The second kappa shape index (κ2) is 11.2. The molecule has 0 amide bonds. The van der Waals surface area contributed by atoms with Crippen molar-refractivity contribution in [3.8, 4) is 0 Å². The van der Waals surface area contributed by atoms with Crippen LogP contribution in [0, 0.1) is 0 Å². The van der Waals surface area contributed by atoms with E-state index in [0.717, 1.165) is 9.62 Å². The molecule has 0 aromatic heterocycles. The van der Waals surface area contributed by atoms with Gasteiger partial charge in [0.15, 0.2) is 0 Å². The van der Waals surface area contributed by atoms with Gasteiger partial charge in [-0.25, -0.2) is 0 Å². The second-order valence-electron chi connectivity index (χ2n) is 4.19. The number of carbonyl (C=O) groups is 4. The summed E-state index contributed by atoms with van der Waals surface area (Å²) in [5.41, 5.74) is 0. The van der Waals surface area contributed by atoms with Crippen molar-refractivity contribution < 1.29 is 37.7 Å². The molecule has 0 atom stereocenters. The standard InChI is InChI=1S/2C7H11O2.Pt/c2*1-3-6(8)5-7(9)4-2;/h2*1,3-5H2,2H3;. The van der Waals surface area contributed by atoms with Gasteiger partial charge in [0.1, 0.15) is 0 Å². The van der Waals surface area contributed by atoms with Gasteiger partial charge in [-0.05, 0) is 0 Å². The monoisotopic (exact) mass is 449 g/mol. The number of hydrogen-bond donors (Lipinski definition) is 0. The van der Waals surface area contributed by atoms with Crippen molar-refractivity contribution in [3.63, 3.8) is 0 Å². The molecule has 0 aliphatic rings. The molecular weight excluding hydrogens is 427 g/mol. The molecule has 0 unspecified atom stereocenters. The van der Waals surface area contributed by atoms with Gasteiger partial charge in [-0.3, -0.25) is 0 Å². The third-order valence-corrected chi connectivity index (χ3v) is 5.26. The van der Waals surface area contributed by atoms with Gasteiger partial charge in [0, 0.05) is 0 Å². The van der Waals surface area contributed by atoms with E-state index in [1.54, 1.807) is 13.8 Å². The van der Waals surface area contributed by atoms with Crippen molar-refractivity contribution in [2.45, 2.75) is 62.0 Å². The molecule has 112 valence electrons. The molecule has 0 N–H and O–H groups in total. The summed E-state index contributed by atoms with van der Waals surface area (Å²) in [5.74, 6) is 0.0202. The quantitative estimate of drug-likeness (QED) is 0.339. The third kappa shape index (κ3) is 10.9. The molecule has 19 heavy (non-hydrogen) atoms. The average molecular weight is 449 g/mol. The van der Waals surface area contributed by atoms with Crippen LogP contribution in [0.3, 0.4) is 0 Å². The van der Waals surface area contributed by atoms with Crippen LogP contribution in [0.15, 0.2) is 0 Å². The molecule has 0 aromatic rings. The zero-order valence-electron chi connectivity index (χ0n) is 11.6. The van der Waals surface area contributed by atoms with E-state index in [1.165, 1.54) is 0 Å². The maximum absolute atomic E-state index is 11.4. The fourth-order valence-electron chi connectivity index (χ4n) is 1.23. The Morgan fingerprint density at radius 1 is 0.684 bits per heavy atom. The van der Waals surface area contributed by atoms with Gasteiger partial charge < -0.3 is 0 Å². The van der Waals surface area contributed by atoms with Crippen LogP contribution < -0.4 is 0 Å². The summed E-state index contributed by atoms with van der Waals surface area (Å²) in [4.78, 5) is 46.5. The maximum atomic E-state index is 11.4. The topological polar surface area (TPSA) is 68.3 Å². The van der Waals surface area contributed by atoms with Gasteiger partial charge in [-0.1, -0.05) is 0 Å². The molecular formula is C14H22O4Pt. The van der Waals surface area contributed by atoms with Crippen molar-refractivity contribution in [1.82, 2.24) is 0 Å². The van der Waals surface area contributed by atoms with E-state index >= 15 is 0 Å². The predicted molar refractivity (Wildman–Crippen MR) is 68.7 cm³/mol. The molecule has 0 saturated carbocycles. The zero-order valence-corrected chi connectivity index (χ0v) is 13.9. The first-order valence-corrected chi connectivity index (χ1v) is 9.72. The van der Waals surface area contributed by atoms with Gasteiger partial charge in [0.2, 0.25) is 0 Å². The number of Topliss-reactive ketones (excluding diaryl/α,β-unsaturated/α-hetero) is 4. The molecule has 0 fully saturated rings. The first kappa shape index (κ1) is 18.4. The average Bonchev–Trinajstić information content (AvgIpc) is 2.37. The van der Waals surface area contributed by atoms with Gasteiger partial charge >= 0.3 is 123 Å². The van der Waals surface area contributed by atoms with Crippen molar-refractivity contribution in [1.29, 1.82) is 0 Å². The Kier molecular flexibility index (Phi) is 10.8. The van der Waals surface area contributed by atoms with E-state index in [-0.39, 0.29) is 54.5 Å². The van der Waals surface area contributed by atoms with Crippen LogP contribution in [-0.2, 0) is 37.7 Å². The summed E-state index contributed by atoms with van der Waals surface area (Å²) in [7, 11) is 0. The molecule has 0 aromatic carbocycles. The van der Waals surface area contributed by atoms with Crippen LogP contribution >= 0.6 is 0 Å². The van der Waals surface area contributed by atoms with E-state index in [0.29, 0.717) is 25.7 Å². The van der Waals surface area contributed by atoms with Gasteiger partial charge in [0.25, 0.3) is 0 Å². The summed E-state index contributed by atoms with van der Waals surface area (Å²) >= 11 is -0.177. The number of carbonyl (C=O) groups excluding carboxylic acids is 4. The van der Waals surface area contributed by atoms with E-state index in [2.05, 4.69) is 0 Å². The Hall–Kier alpha value is -0.632. The third-order valence-electron chi connectivity index (χ3n) is 2.52. The molecule has 0 aliphatic carbocycles. The van der Waals surface area contributed by atoms with E-state index in [4.69, 9.17) is 0 Å². The number of ketones is 4. The van der Waals surface area contributed by atoms with Gasteiger partial charge in [-0.2, -0.15) is 0 Å². The minimum absolute atomic E-state index is 0.00316. The van der Waals surface area contributed by atoms with Crippen molar-refractivity contribution >= 4 is 23.1 Å². The Morgan fingerprint density at radius 2 is 1.05 bits per heavy atom. The molecule has 0 heterocycles. The van der Waals surface area contributed by atoms with Crippen LogP contribution in [0.2, 0.25) is 9.62 Å². The summed E-state index contributed by atoms with van der Waals surface area (Å²) in [6.45, 7) is 3.51. The Labute approximate surface area is 123 Å². The number of rotatable bonds is 12. The fraction of sp³-hybridized carbons (Fsp3) is 0.714. The van der Waals surface area contributed by atoms with Gasteiger partial charge in [0.05, 0.1) is 0 Å². The van der Waals surface area contributed by atoms with Crippen molar-refractivity contribution in [3.05, 3.63) is 0 Å². The summed E-state index contributed by atoms with van der Waals surface area (Å²) < 4.78 is 0. The van der Waals surface area contributed by atoms with E-state index in [9.17, 15) is 19.2 Å². The zero-order chi connectivity index (χ0) is 14.7. The minimum atomic E-state index is -0.177. The molecule has 0 bridgehead atoms. The SMILES string of the molecule is CCC(=O)CC(=O)C[CH2][Pt][CH2]CC(=O)CC(=O)CC. The normalized spacial score (nSPS) is 10.4. The fourth-order valence-corrected chi connectivity index (χ4v) is 3.87. The summed E-state index contributed by atoms with van der Waals surface area (Å²) in [6, 6.07) is 0. The van der Waals surface area contributed by atoms with E-state index in [1.807, 2.05) is 0 Å². The molecule has 0 aliphatic heterocycles. The van der Waals surface area contributed by atoms with Crippen LogP contribution in [0.25, 0.3) is 0 Å². The molecule has 0 spiro atoms. The summed E-state index contributed by atoms with van der Waals surface area (Å²) in [5, 5.41) is 0. The first-order chi connectivity index (χ1) is 8.99. The van der Waals surface area contributed by atoms with Crippen LogP contribution in [0.4, 0.5) is 0 Å². The van der Waals surface area contributed by atoms with Crippen molar-refractivity contribution in [2.75, 3.05) is 0 Å². The first-order valence-electron chi connectivity index (χ1n) is 6.51. The molecule has 0 rings (SSSR count). The van der Waals surface area contributed by atoms with Crippen LogP contribution in [0.5, 0.6) is 0 Å². The Morgan fingerprint density at radius 3 is 1.37 bits per heavy atom. The van der Waals surface area contributed by atoms with Gasteiger partial charge in [-0.15, -0.1) is 0 Å². The summed E-state index contributed by atoms with van der Waals surface area (Å²) in [6.07, 6.45) is 1.87. The van der Waals surface area contributed by atoms with E-state index < -0.39 is 0 Å². The molecule has 0 radical (unpaired) electrons. The Bertz CT molecular complexity index is 304. The second-order valence-corrected chi connectivity index (χ2v) is 7.60. The predicted octanol–water partition coefficient (Wildman–Crippen LogP) is 2.56. The molecule has 4 nitrogen and oxygen atoms in total. The Balaban J connectivity index is 3.54. The molecule has 5 heteroatoms. The molecule has 0 saturated heterocycles.